The number of carboxylic acids is 1. The summed E-state index contributed by atoms with van der Waals surface area (Å²) in [5, 5.41) is 11.8. The van der Waals surface area contributed by atoms with Crippen LogP contribution in [-0.2, 0) is 4.79 Å². The fraction of sp³-hybridized carbons (Fsp3) is 0.375. The summed E-state index contributed by atoms with van der Waals surface area (Å²) in [4.78, 5) is 23.4. The second kappa shape index (κ2) is 8.21. The van der Waals surface area contributed by atoms with Crippen LogP contribution in [0.5, 0.6) is 5.75 Å². The number of methoxy groups -OCH3 is 1. The first-order valence-corrected chi connectivity index (χ1v) is 6.74. The van der Waals surface area contributed by atoms with Gasteiger partial charge in [-0.3, -0.25) is 9.59 Å². The number of aryl methyl sites for hydroxylation is 1. The van der Waals surface area contributed by atoms with E-state index in [4.69, 9.17) is 9.84 Å². The Morgan fingerprint density at radius 2 is 2.19 bits per heavy atom. The normalized spacial score (nSPS) is 11.7. The van der Waals surface area contributed by atoms with Crippen LogP contribution in [-0.4, -0.2) is 36.6 Å². The van der Waals surface area contributed by atoms with Gasteiger partial charge in [0.25, 0.3) is 0 Å². The lowest BCUT2D eigenvalue weighted by atomic mass is 9.98. The highest BCUT2D eigenvalue weighted by Gasteiger charge is 2.23. The van der Waals surface area contributed by atoms with Gasteiger partial charge in [0.15, 0.2) is 5.78 Å². The van der Waals surface area contributed by atoms with Gasteiger partial charge in [0.1, 0.15) is 5.75 Å². The van der Waals surface area contributed by atoms with Gasteiger partial charge in [0, 0.05) is 13.0 Å². The summed E-state index contributed by atoms with van der Waals surface area (Å²) in [5.74, 6) is -0.602. The van der Waals surface area contributed by atoms with E-state index < -0.39 is 12.0 Å². The van der Waals surface area contributed by atoms with Crippen molar-refractivity contribution in [3.63, 3.8) is 0 Å². The van der Waals surface area contributed by atoms with Crippen LogP contribution in [0, 0.1) is 6.92 Å². The number of ketones is 1. The molecule has 2 N–H and O–H groups in total. The number of carboxylic acid groups (broad SMARTS) is 1. The molecule has 0 amide bonds. The summed E-state index contributed by atoms with van der Waals surface area (Å²) in [6.45, 7) is 5.92. The first-order valence-electron chi connectivity index (χ1n) is 6.74. The summed E-state index contributed by atoms with van der Waals surface area (Å²) in [6.07, 6.45) is 1.78. The predicted octanol–water partition coefficient (Wildman–Crippen LogP) is 2.20. The van der Waals surface area contributed by atoms with Gasteiger partial charge >= 0.3 is 5.97 Å². The number of nitrogens with one attached hydrogen (secondary N) is 1. The van der Waals surface area contributed by atoms with Crippen LogP contribution >= 0.6 is 0 Å². The van der Waals surface area contributed by atoms with Crippen molar-refractivity contribution in [2.75, 3.05) is 13.7 Å². The lowest BCUT2D eigenvalue weighted by Gasteiger charge is -2.18. The lowest BCUT2D eigenvalue weighted by Crippen LogP contribution is -2.37. The molecule has 5 nitrogen and oxygen atoms in total. The second-order valence-electron chi connectivity index (χ2n) is 4.75. The van der Waals surface area contributed by atoms with Crippen molar-refractivity contribution >= 4 is 11.8 Å². The molecule has 0 radical (unpaired) electrons. The third-order valence-electron chi connectivity index (χ3n) is 3.09. The van der Waals surface area contributed by atoms with Gasteiger partial charge < -0.3 is 15.2 Å². The van der Waals surface area contributed by atoms with Crippen molar-refractivity contribution in [3.8, 4) is 5.75 Å². The van der Waals surface area contributed by atoms with E-state index in [0.717, 1.165) is 5.56 Å². The Morgan fingerprint density at radius 1 is 1.48 bits per heavy atom. The largest absolute Gasteiger partial charge is 0.496 e. The van der Waals surface area contributed by atoms with E-state index in [1.165, 1.54) is 7.11 Å². The molecule has 1 unspecified atom stereocenters. The first kappa shape index (κ1) is 16.9. The second-order valence-corrected chi connectivity index (χ2v) is 4.75. The number of ether oxygens (including phenoxy) is 1. The van der Waals surface area contributed by atoms with E-state index in [1.807, 2.05) is 13.0 Å². The number of hydrogen-bond donors (Lipinski definition) is 2. The third kappa shape index (κ3) is 5.04. The average Bonchev–Trinajstić information content (AvgIpc) is 2.46. The summed E-state index contributed by atoms with van der Waals surface area (Å²) in [6, 6.07) is 4.78. The maximum absolute atomic E-state index is 12.6. The van der Waals surface area contributed by atoms with Crippen molar-refractivity contribution in [2.45, 2.75) is 25.8 Å². The fourth-order valence-corrected chi connectivity index (χ4v) is 2.02. The zero-order valence-electron chi connectivity index (χ0n) is 12.4. The topological polar surface area (TPSA) is 75.6 Å². The van der Waals surface area contributed by atoms with Crippen LogP contribution in [0.4, 0.5) is 0 Å². The van der Waals surface area contributed by atoms with E-state index in [0.29, 0.717) is 17.9 Å². The SMILES string of the molecule is C=CCNC(CCC(=O)O)C(=O)c1cc(C)ccc1OC. The molecule has 0 bridgehead atoms. The Kier molecular flexibility index (Phi) is 6.62. The van der Waals surface area contributed by atoms with E-state index in [1.54, 1.807) is 18.2 Å². The number of hydrogen-bond acceptors (Lipinski definition) is 4. The average molecular weight is 291 g/mol. The molecule has 1 atom stereocenters. The molecule has 114 valence electrons. The van der Waals surface area contributed by atoms with Crippen molar-refractivity contribution in [3.05, 3.63) is 42.0 Å². The monoisotopic (exact) mass is 291 g/mol. The Labute approximate surface area is 124 Å². The Balaban J connectivity index is 2.99. The fourth-order valence-electron chi connectivity index (χ4n) is 2.02. The van der Waals surface area contributed by atoms with Crippen LogP contribution in [0.2, 0.25) is 0 Å². The Bertz CT molecular complexity index is 525. The van der Waals surface area contributed by atoms with Gasteiger partial charge in [-0.05, 0) is 25.5 Å². The smallest absolute Gasteiger partial charge is 0.303 e. The number of rotatable bonds is 9. The minimum atomic E-state index is -0.926. The van der Waals surface area contributed by atoms with Gasteiger partial charge in [-0.1, -0.05) is 17.7 Å². The molecule has 0 aromatic heterocycles. The number of carbonyl (C=O) groups is 2. The molecule has 1 rings (SSSR count). The van der Waals surface area contributed by atoms with Crippen molar-refractivity contribution in [2.24, 2.45) is 0 Å². The van der Waals surface area contributed by atoms with Gasteiger partial charge in [0.05, 0.1) is 18.7 Å². The van der Waals surface area contributed by atoms with Crippen LogP contribution in [0.1, 0.15) is 28.8 Å². The quantitative estimate of drug-likeness (QED) is 0.539. The molecule has 21 heavy (non-hydrogen) atoms. The van der Waals surface area contributed by atoms with Crippen LogP contribution < -0.4 is 10.1 Å². The molecule has 0 saturated heterocycles. The molecule has 0 heterocycles. The molecule has 0 fully saturated rings. The van der Waals surface area contributed by atoms with Crippen LogP contribution in [0.3, 0.4) is 0 Å². The maximum Gasteiger partial charge on any atom is 0.303 e. The number of aliphatic carboxylic acids is 1. The minimum absolute atomic E-state index is 0.0747. The van der Waals surface area contributed by atoms with Crippen LogP contribution in [0.15, 0.2) is 30.9 Å². The zero-order valence-corrected chi connectivity index (χ0v) is 12.4. The van der Waals surface area contributed by atoms with Gasteiger partial charge in [0.2, 0.25) is 0 Å². The third-order valence-corrected chi connectivity index (χ3v) is 3.09. The maximum atomic E-state index is 12.6. The van der Waals surface area contributed by atoms with Crippen molar-refractivity contribution in [1.82, 2.24) is 5.32 Å². The van der Waals surface area contributed by atoms with E-state index in [9.17, 15) is 9.59 Å². The highest BCUT2D eigenvalue weighted by Crippen LogP contribution is 2.22. The molecule has 0 aliphatic carbocycles. The Hall–Kier alpha value is -2.14. The standard InChI is InChI=1S/C16H21NO4/c1-4-9-17-13(6-8-15(18)19)16(20)12-10-11(2)5-7-14(12)21-3/h4-5,7,10,13,17H,1,6,8-9H2,2-3H3,(H,18,19). The van der Waals surface area contributed by atoms with Gasteiger partial charge in [-0.2, -0.15) is 0 Å². The molecule has 0 aliphatic heterocycles. The highest BCUT2D eigenvalue weighted by molar-refractivity contribution is 6.02. The first-order chi connectivity index (χ1) is 9.99. The number of Topliss-reactive ketones (excluding diaryl/α,β-unsaturated/α-hetero) is 1. The summed E-state index contributed by atoms with van der Waals surface area (Å²) in [7, 11) is 1.50. The van der Waals surface area contributed by atoms with Crippen LogP contribution in [0.25, 0.3) is 0 Å². The molecule has 1 aromatic rings. The molecular weight excluding hydrogens is 270 g/mol. The van der Waals surface area contributed by atoms with E-state index >= 15 is 0 Å². The van der Waals surface area contributed by atoms with Gasteiger partial charge in [-0.15, -0.1) is 6.58 Å². The highest BCUT2D eigenvalue weighted by atomic mass is 16.5. The summed E-state index contributed by atoms with van der Waals surface area (Å²) in [5.41, 5.74) is 1.41. The molecule has 5 heteroatoms. The lowest BCUT2D eigenvalue weighted by molar-refractivity contribution is -0.137. The van der Waals surface area contributed by atoms with E-state index in [-0.39, 0.29) is 18.6 Å². The molecule has 0 spiro atoms. The summed E-state index contributed by atoms with van der Waals surface area (Å²) < 4.78 is 5.22. The minimum Gasteiger partial charge on any atom is -0.496 e. The predicted molar refractivity (Wildman–Crippen MR) is 80.9 cm³/mol. The zero-order chi connectivity index (χ0) is 15.8. The molecular formula is C16H21NO4. The summed E-state index contributed by atoms with van der Waals surface area (Å²) >= 11 is 0. The van der Waals surface area contributed by atoms with Crippen molar-refractivity contribution in [1.29, 1.82) is 0 Å². The van der Waals surface area contributed by atoms with Gasteiger partial charge in [-0.25, -0.2) is 0 Å². The molecule has 0 saturated carbocycles. The van der Waals surface area contributed by atoms with E-state index in [2.05, 4.69) is 11.9 Å². The Morgan fingerprint density at radius 3 is 2.76 bits per heavy atom. The molecule has 0 aliphatic rings. The number of benzene rings is 1. The number of carbonyl (C=O) groups excluding carboxylic acids is 1. The van der Waals surface area contributed by atoms with Crippen molar-refractivity contribution < 1.29 is 19.4 Å². The molecule has 1 aromatic carbocycles.